The standard InChI is InChI=1S/C42H65N5O7S/c1-10-12-21-47-22-17-16-20-34(47)39(50)45-37(28(5)11-2)41(51)46(8)35(27(3)4)25-36(54-30(7)48)40-44-33(26-55-40)38(49)43-32(23-29(6)42(52)53-9)24-31-18-14-13-15-19-31/h13-15,18-19,26-29,32,34-37H,10-12,16-17,20-25H2,1-9H3,(H,43,49)(H,45,50)/t28-,29?,32+,34+,35+,36+,37-/m0/s1. The smallest absolute Gasteiger partial charge is 0.308 e. The van der Waals surface area contributed by atoms with E-state index in [0.29, 0.717) is 24.3 Å². The fourth-order valence-electron chi connectivity index (χ4n) is 7.34. The number of benzene rings is 1. The molecule has 1 saturated heterocycles. The van der Waals surface area contributed by atoms with E-state index in [4.69, 9.17) is 9.47 Å². The zero-order valence-electron chi connectivity index (χ0n) is 34.5. The Bertz CT molecular complexity index is 1530. The van der Waals surface area contributed by atoms with Crippen LogP contribution in [0.4, 0.5) is 0 Å². The zero-order chi connectivity index (χ0) is 40.7. The van der Waals surface area contributed by atoms with Crippen molar-refractivity contribution in [2.24, 2.45) is 17.8 Å². The lowest BCUT2D eigenvalue weighted by molar-refractivity contribution is -0.149. The van der Waals surface area contributed by atoms with Crippen LogP contribution in [-0.4, -0.2) is 95.9 Å². The van der Waals surface area contributed by atoms with Crippen LogP contribution in [0.1, 0.15) is 127 Å². The third-order valence-corrected chi connectivity index (χ3v) is 11.7. The lowest BCUT2D eigenvalue weighted by Gasteiger charge is -2.39. The topological polar surface area (TPSA) is 147 Å². The van der Waals surface area contributed by atoms with Crippen LogP contribution in [0.5, 0.6) is 0 Å². The van der Waals surface area contributed by atoms with Gasteiger partial charge in [0.2, 0.25) is 11.8 Å². The van der Waals surface area contributed by atoms with E-state index in [1.807, 2.05) is 58.0 Å². The highest BCUT2D eigenvalue weighted by Crippen LogP contribution is 2.31. The molecule has 13 heteroatoms. The first-order valence-electron chi connectivity index (χ1n) is 20.1. The Balaban J connectivity index is 1.81. The number of hydrogen-bond acceptors (Lipinski definition) is 10. The summed E-state index contributed by atoms with van der Waals surface area (Å²) < 4.78 is 10.8. The molecule has 0 spiro atoms. The fraction of sp³-hybridized carbons (Fsp3) is 0.667. The van der Waals surface area contributed by atoms with E-state index < -0.39 is 29.9 Å². The Morgan fingerprint density at radius 3 is 2.35 bits per heavy atom. The molecule has 2 N–H and O–H groups in total. The third-order valence-electron chi connectivity index (χ3n) is 10.8. The van der Waals surface area contributed by atoms with Crippen LogP contribution in [-0.2, 0) is 35.1 Å². The van der Waals surface area contributed by atoms with Crippen LogP contribution >= 0.6 is 11.3 Å². The average Bonchev–Trinajstić information content (AvgIpc) is 3.67. The predicted molar refractivity (Wildman–Crippen MR) is 215 cm³/mol. The maximum absolute atomic E-state index is 14.4. The predicted octanol–water partition coefficient (Wildman–Crippen LogP) is 6.35. The summed E-state index contributed by atoms with van der Waals surface area (Å²) in [7, 11) is 3.09. The molecule has 1 aromatic heterocycles. The van der Waals surface area contributed by atoms with Crippen LogP contribution in [0.15, 0.2) is 35.7 Å². The van der Waals surface area contributed by atoms with Crippen molar-refractivity contribution in [2.45, 2.75) is 137 Å². The van der Waals surface area contributed by atoms with E-state index in [1.54, 1.807) is 24.3 Å². The van der Waals surface area contributed by atoms with Gasteiger partial charge in [-0.15, -0.1) is 11.3 Å². The minimum absolute atomic E-state index is 0.0403. The van der Waals surface area contributed by atoms with Crippen LogP contribution < -0.4 is 10.6 Å². The number of methoxy groups -OCH3 is 1. The summed E-state index contributed by atoms with van der Waals surface area (Å²) in [6.45, 7) is 15.0. The van der Waals surface area contributed by atoms with Crippen molar-refractivity contribution in [3.63, 3.8) is 0 Å². The van der Waals surface area contributed by atoms with Crippen LogP contribution in [0.3, 0.4) is 0 Å². The number of carbonyl (C=O) groups excluding carboxylic acids is 5. The van der Waals surface area contributed by atoms with Crippen molar-refractivity contribution in [3.05, 3.63) is 52.0 Å². The lowest BCUT2D eigenvalue weighted by Crippen LogP contribution is -2.58. The highest BCUT2D eigenvalue weighted by molar-refractivity contribution is 7.09. The number of nitrogens with zero attached hydrogens (tertiary/aromatic N) is 3. The highest BCUT2D eigenvalue weighted by Gasteiger charge is 2.38. The average molecular weight is 784 g/mol. The number of likely N-dealkylation sites (N-methyl/N-ethyl adjacent to an activating group) is 1. The number of thiazole rings is 1. The number of likely N-dealkylation sites (tertiary alicyclic amines) is 1. The van der Waals surface area contributed by atoms with Gasteiger partial charge in [0, 0.05) is 37.9 Å². The van der Waals surface area contributed by atoms with Crippen LogP contribution in [0, 0.1) is 17.8 Å². The Morgan fingerprint density at radius 2 is 1.73 bits per heavy atom. The molecule has 0 bridgehead atoms. The molecule has 12 nitrogen and oxygen atoms in total. The maximum atomic E-state index is 14.4. The number of piperidine rings is 1. The summed E-state index contributed by atoms with van der Waals surface area (Å²) in [5, 5.41) is 8.29. The van der Waals surface area contributed by atoms with Crippen molar-refractivity contribution >= 4 is 41.0 Å². The summed E-state index contributed by atoms with van der Waals surface area (Å²) in [5.41, 5.74) is 1.18. The van der Waals surface area contributed by atoms with E-state index in [0.717, 1.165) is 50.8 Å². The van der Waals surface area contributed by atoms with Gasteiger partial charge in [-0.3, -0.25) is 28.9 Å². The van der Waals surface area contributed by atoms with Crippen molar-refractivity contribution in [3.8, 4) is 0 Å². The van der Waals surface area contributed by atoms with E-state index >= 15 is 0 Å². The molecule has 0 radical (unpaired) electrons. The molecular formula is C42H65N5O7S. The normalized spacial score (nSPS) is 18.0. The molecule has 2 heterocycles. The van der Waals surface area contributed by atoms with Gasteiger partial charge in [-0.25, -0.2) is 4.98 Å². The fourth-order valence-corrected chi connectivity index (χ4v) is 8.18. The first-order chi connectivity index (χ1) is 26.2. The van der Waals surface area contributed by atoms with Gasteiger partial charge in [0.1, 0.15) is 16.7 Å². The molecule has 1 aliphatic rings. The number of hydrogen-bond donors (Lipinski definition) is 2. The second-order valence-corrected chi connectivity index (χ2v) is 16.3. The molecule has 0 saturated carbocycles. The van der Waals surface area contributed by atoms with E-state index in [9.17, 15) is 24.0 Å². The molecule has 0 aliphatic carbocycles. The maximum Gasteiger partial charge on any atom is 0.308 e. The highest BCUT2D eigenvalue weighted by atomic mass is 32.1. The van der Waals surface area contributed by atoms with Gasteiger partial charge in [0.25, 0.3) is 5.91 Å². The summed E-state index contributed by atoms with van der Waals surface area (Å²) in [6, 6.07) is 7.99. The number of carbonyl (C=O) groups is 5. The van der Waals surface area contributed by atoms with Gasteiger partial charge in [0.05, 0.1) is 19.1 Å². The van der Waals surface area contributed by atoms with Gasteiger partial charge < -0.3 is 25.0 Å². The quantitative estimate of drug-likeness (QED) is 0.138. The van der Waals surface area contributed by atoms with Gasteiger partial charge in [-0.05, 0) is 62.6 Å². The zero-order valence-corrected chi connectivity index (χ0v) is 35.3. The number of nitrogens with one attached hydrogen (secondary N) is 2. The van der Waals surface area contributed by atoms with Crippen LogP contribution in [0.2, 0.25) is 0 Å². The first-order valence-corrected chi connectivity index (χ1v) is 20.9. The summed E-state index contributed by atoms with van der Waals surface area (Å²) in [4.78, 5) is 75.0. The van der Waals surface area contributed by atoms with E-state index in [1.165, 1.54) is 25.4 Å². The van der Waals surface area contributed by atoms with Gasteiger partial charge in [0.15, 0.2) is 6.10 Å². The molecule has 306 valence electrons. The van der Waals surface area contributed by atoms with Crippen LogP contribution in [0.25, 0.3) is 0 Å². The molecule has 3 rings (SSSR count). The molecular weight excluding hydrogens is 719 g/mol. The van der Waals surface area contributed by atoms with E-state index in [2.05, 4.69) is 27.4 Å². The summed E-state index contributed by atoms with van der Waals surface area (Å²) in [6.07, 6.45) is 5.91. The number of aromatic nitrogens is 1. The molecule has 1 aliphatic heterocycles. The number of esters is 2. The molecule has 3 amide bonds. The Labute approximate surface area is 332 Å². The second-order valence-electron chi connectivity index (χ2n) is 15.5. The molecule has 1 fully saturated rings. The van der Waals surface area contributed by atoms with Gasteiger partial charge in [-0.1, -0.05) is 91.1 Å². The van der Waals surface area contributed by atoms with Gasteiger partial charge >= 0.3 is 11.9 Å². The summed E-state index contributed by atoms with van der Waals surface area (Å²) >= 11 is 1.21. The molecule has 1 aromatic carbocycles. The lowest BCUT2D eigenvalue weighted by atomic mass is 9.92. The minimum Gasteiger partial charge on any atom is -0.469 e. The SMILES string of the molecule is CCCCN1CCCC[C@@H]1C(=O)N[C@H](C(=O)N(C)[C@H](C[C@@H](OC(C)=O)c1nc(C(=O)N[C@@H](Cc2ccccc2)CC(C)C(=O)OC)cs1)C(C)C)[C@@H](C)CC. The Kier molecular flexibility index (Phi) is 18.8. The molecule has 55 heavy (non-hydrogen) atoms. The van der Waals surface area contributed by atoms with Crippen molar-refractivity contribution in [1.82, 2.24) is 25.4 Å². The van der Waals surface area contributed by atoms with Crippen molar-refractivity contribution in [2.75, 3.05) is 27.2 Å². The van der Waals surface area contributed by atoms with Crippen molar-refractivity contribution < 1.29 is 33.4 Å². The number of ether oxygens (including phenoxy) is 2. The molecule has 2 aromatic rings. The number of unbranched alkanes of at least 4 members (excludes halogenated alkanes) is 1. The van der Waals surface area contributed by atoms with E-state index in [-0.39, 0.29) is 59.9 Å². The summed E-state index contributed by atoms with van der Waals surface area (Å²) in [5.74, 6) is -2.14. The second kappa shape index (κ2) is 22.6. The number of rotatable bonds is 21. The van der Waals surface area contributed by atoms with Gasteiger partial charge in [-0.2, -0.15) is 0 Å². The minimum atomic E-state index is -0.822. The molecule has 7 atom stereocenters. The first kappa shape index (κ1) is 45.5. The third kappa shape index (κ3) is 13.7. The molecule has 1 unspecified atom stereocenters. The Hall–Kier alpha value is -3.84. The Morgan fingerprint density at radius 1 is 1.02 bits per heavy atom. The van der Waals surface area contributed by atoms with Crippen molar-refractivity contribution in [1.29, 1.82) is 0 Å². The monoisotopic (exact) mass is 783 g/mol. The number of amides is 3. The largest absolute Gasteiger partial charge is 0.469 e.